The van der Waals surface area contributed by atoms with E-state index in [0.717, 1.165) is 17.0 Å². The Labute approximate surface area is 156 Å². The van der Waals surface area contributed by atoms with Crippen LogP contribution in [0.2, 0.25) is 0 Å². The molecule has 134 valence electrons. The van der Waals surface area contributed by atoms with E-state index in [1.807, 2.05) is 61.9 Å². The SMILES string of the molecule is CN(/N=C/c1cc[n+](CC(=O)NC2CCSC2=O)cc1)c1ccccc1. The zero-order valence-corrected chi connectivity index (χ0v) is 15.4. The van der Waals surface area contributed by atoms with E-state index in [1.165, 1.54) is 11.8 Å². The lowest BCUT2D eigenvalue weighted by molar-refractivity contribution is -0.684. The maximum Gasteiger partial charge on any atom is 0.286 e. The van der Waals surface area contributed by atoms with Crippen LogP contribution in [0.5, 0.6) is 0 Å². The van der Waals surface area contributed by atoms with Gasteiger partial charge in [0.05, 0.1) is 17.9 Å². The largest absolute Gasteiger partial charge is 0.340 e. The number of hydrazone groups is 1. The number of anilines is 1. The summed E-state index contributed by atoms with van der Waals surface area (Å²) in [5.41, 5.74) is 1.94. The molecule has 1 aromatic heterocycles. The quantitative estimate of drug-likeness (QED) is 0.477. The van der Waals surface area contributed by atoms with Crippen molar-refractivity contribution in [3.05, 3.63) is 60.4 Å². The van der Waals surface area contributed by atoms with Gasteiger partial charge >= 0.3 is 0 Å². The number of amides is 1. The molecular weight excluding hydrogens is 348 g/mol. The predicted molar refractivity (Wildman–Crippen MR) is 103 cm³/mol. The summed E-state index contributed by atoms with van der Waals surface area (Å²) in [5, 5.41) is 9.05. The van der Waals surface area contributed by atoms with Crippen molar-refractivity contribution < 1.29 is 14.2 Å². The van der Waals surface area contributed by atoms with Gasteiger partial charge in [0.15, 0.2) is 12.4 Å². The van der Waals surface area contributed by atoms with Crippen molar-refractivity contribution in [1.82, 2.24) is 5.32 Å². The van der Waals surface area contributed by atoms with Crippen molar-refractivity contribution in [1.29, 1.82) is 0 Å². The average molecular weight is 369 g/mol. The van der Waals surface area contributed by atoms with Gasteiger partial charge in [0.25, 0.3) is 5.91 Å². The molecule has 1 aliphatic rings. The molecule has 7 heteroatoms. The van der Waals surface area contributed by atoms with Crippen LogP contribution < -0.4 is 14.9 Å². The van der Waals surface area contributed by atoms with Gasteiger partial charge in [-0.25, -0.2) is 0 Å². The number of thioether (sulfide) groups is 1. The van der Waals surface area contributed by atoms with Crippen molar-refractivity contribution in [3.8, 4) is 0 Å². The number of benzene rings is 1. The van der Waals surface area contributed by atoms with Crippen LogP contribution in [0, 0.1) is 0 Å². The first kappa shape index (κ1) is 18.1. The summed E-state index contributed by atoms with van der Waals surface area (Å²) in [5.74, 6) is 0.628. The van der Waals surface area contributed by atoms with E-state index in [4.69, 9.17) is 0 Å². The Morgan fingerprint density at radius 2 is 2.04 bits per heavy atom. The van der Waals surface area contributed by atoms with Crippen LogP contribution >= 0.6 is 11.8 Å². The fraction of sp³-hybridized carbons (Fsp3) is 0.263. The van der Waals surface area contributed by atoms with Crippen LogP contribution in [0.25, 0.3) is 0 Å². The third-order valence-corrected chi connectivity index (χ3v) is 5.03. The Kier molecular flexibility index (Phi) is 6.01. The van der Waals surface area contributed by atoms with Gasteiger partial charge in [0.1, 0.15) is 0 Å². The molecule has 1 N–H and O–H groups in total. The normalized spacial score (nSPS) is 16.8. The fourth-order valence-electron chi connectivity index (χ4n) is 2.56. The zero-order valence-electron chi connectivity index (χ0n) is 14.5. The van der Waals surface area contributed by atoms with Crippen LogP contribution in [0.3, 0.4) is 0 Å². The van der Waals surface area contributed by atoms with Crippen molar-refractivity contribution in [2.24, 2.45) is 5.10 Å². The third-order valence-electron chi connectivity index (χ3n) is 4.02. The van der Waals surface area contributed by atoms with E-state index in [2.05, 4.69) is 10.4 Å². The van der Waals surface area contributed by atoms with Crippen molar-refractivity contribution in [2.45, 2.75) is 19.0 Å². The molecule has 0 bridgehead atoms. The van der Waals surface area contributed by atoms with Gasteiger partial charge in [-0.05, 0) is 18.6 Å². The molecule has 0 saturated carbocycles. The number of aromatic nitrogens is 1. The lowest BCUT2D eigenvalue weighted by Gasteiger charge is -2.11. The topological polar surface area (TPSA) is 65.7 Å². The van der Waals surface area contributed by atoms with E-state index >= 15 is 0 Å². The van der Waals surface area contributed by atoms with E-state index in [9.17, 15) is 9.59 Å². The van der Waals surface area contributed by atoms with Crippen molar-refractivity contribution >= 4 is 34.7 Å². The van der Waals surface area contributed by atoms with Crippen molar-refractivity contribution in [2.75, 3.05) is 17.8 Å². The molecule has 0 spiro atoms. The monoisotopic (exact) mass is 369 g/mol. The summed E-state index contributed by atoms with van der Waals surface area (Å²) in [7, 11) is 1.89. The van der Waals surface area contributed by atoms with Gasteiger partial charge in [-0.2, -0.15) is 9.67 Å². The summed E-state index contributed by atoms with van der Waals surface area (Å²) in [6, 6.07) is 13.3. The molecule has 2 heterocycles. The molecule has 6 nitrogen and oxygen atoms in total. The molecule has 1 amide bonds. The highest BCUT2D eigenvalue weighted by Crippen LogP contribution is 2.19. The number of rotatable bonds is 6. The molecule has 26 heavy (non-hydrogen) atoms. The van der Waals surface area contributed by atoms with Crippen LogP contribution in [0.1, 0.15) is 12.0 Å². The molecule has 1 atom stereocenters. The molecule has 0 aliphatic carbocycles. The molecule has 1 saturated heterocycles. The lowest BCUT2D eigenvalue weighted by atomic mass is 10.2. The first-order valence-electron chi connectivity index (χ1n) is 8.40. The minimum atomic E-state index is -0.340. The summed E-state index contributed by atoms with van der Waals surface area (Å²) in [4.78, 5) is 23.6. The van der Waals surface area contributed by atoms with Gasteiger partial charge in [0, 0.05) is 30.5 Å². The van der Waals surface area contributed by atoms with Crippen LogP contribution in [0.4, 0.5) is 5.69 Å². The highest BCUT2D eigenvalue weighted by atomic mass is 32.2. The summed E-state index contributed by atoms with van der Waals surface area (Å²) in [6.45, 7) is 0.190. The number of hydrogen-bond donors (Lipinski definition) is 1. The highest BCUT2D eigenvalue weighted by Gasteiger charge is 2.27. The minimum absolute atomic E-state index is 0.0532. The van der Waals surface area contributed by atoms with E-state index < -0.39 is 0 Å². The minimum Gasteiger partial charge on any atom is -0.340 e. The van der Waals surface area contributed by atoms with Crippen LogP contribution in [0.15, 0.2) is 60.0 Å². The number of pyridine rings is 1. The van der Waals surface area contributed by atoms with E-state index in [-0.39, 0.29) is 23.6 Å². The molecule has 1 unspecified atom stereocenters. The second-order valence-electron chi connectivity index (χ2n) is 5.98. The standard InChI is InChI=1S/C19H20N4O2S/c1-22(16-5-3-2-4-6-16)20-13-15-7-10-23(11-8-15)14-18(24)21-17-9-12-26-19(17)25/h2-8,10-11,13,17H,9,12,14H2,1H3/p+1. The van der Waals surface area contributed by atoms with Gasteiger partial charge in [-0.3, -0.25) is 14.6 Å². The van der Waals surface area contributed by atoms with E-state index in [1.54, 1.807) is 15.8 Å². The molecule has 2 aromatic rings. The maximum absolute atomic E-state index is 12.0. The van der Waals surface area contributed by atoms with E-state index in [0.29, 0.717) is 6.42 Å². The number of nitrogens with zero attached hydrogens (tertiary/aromatic N) is 3. The number of nitrogens with one attached hydrogen (secondary N) is 1. The Bertz CT molecular complexity index is 793. The smallest absolute Gasteiger partial charge is 0.286 e. The van der Waals surface area contributed by atoms with Crippen molar-refractivity contribution in [3.63, 3.8) is 0 Å². The van der Waals surface area contributed by atoms with Gasteiger partial charge in [0.2, 0.25) is 11.7 Å². The Morgan fingerprint density at radius 3 is 2.69 bits per heavy atom. The molecule has 1 fully saturated rings. The Hall–Kier alpha value is -2.67. The fourth-order valence-corrected chi connectivity index (χ4v) is 3.49. The van der Waals surface area contributed by atoms with Gasteiger partial charge in [-0.1, -0.05) is 30.0 Å². The van der Waals surface area contributed by atoms with Gasteiger partial charge in [-0.15, -0.1) is 0 Å². The lowest BCUT2D eigenvalue weighted by Crippen LogP contribution is -2.46. The maximum atomic E-state index is 12.0. The number of hydrogen-bond acceptors (Lipinski definition) is 5. The number of para-hydroxylation sites is 1. The Morgan fingerprint density at radius 1 is 1.31 bits per heavy atom. The summed E-state index contributed by atoms with van der Waals surface area (Å²) >= 11 is 1.28. The first-order valence-corrected chi connectivity index (χ1v) is 9.38. The molecule has 3 rings (SSSR count). The summed E-state index contributed by atoms with van der Waals surface area (Å²) in [6.07, 6.45) is 6.14. The second-order valence-corrected chi connectivity index (χ2v) is 7.08. The predicted octanol–water partition coefficient (Wildman–Crippen LogP) is 1.59. The molecule has 0 radical (unpaired) electrons. The molecular formula is C19H21N4O2S+. The van der Waals surface area contributed by atoms with Crippen LogP contribution in [-0.4, -0.2) is 36.1 Å². The summed E-state index contributed by atoms with van der Waals surface area (Å²) < 4.78 is 1.78. The average Bonchev–Trinajstić information content (AvgIpc) is 3.06. The highest BCUT2D eigenvalue weighted by molar-refractivity contribution is 8.14. The Balaban J connectivity index is 1.54. The zero-order chi connectivity index (χ0) is 18.4. The first-order chi connectivity index (χ1) is 12.6. The molecule has 1 aliphatic heterocycles. The third kappa shape index (κ3) is 4.92. The van der Waals surface area contributed by atoms with Crippen LogP contribution in [-0.2, 0) is 16.1 Å². The number of carbonyl (C=O) groups is 2. The molecule has 1 aromatic carbocycles. The van der Waals surface area contributed by atoms with Gasteiger partial charge < -0.3 is 5.32 Å². The number of carbonyl (C=O) groups excluding carboxylic acids is 2. The second kappa shape index (κ2) is 8.62.